The van der Waals surface area contributed by atoms with Crippen LogP contribution in [0, 0.1) is 5.92 Å². The minimum atomic E-state index is -0.797. The monoisotopic (exact) mass is 321 g/mol. The second-order valence-electron chi connectivity index (χ2n) is 5.32. The molecule has 120 valence electrons. The Hall–Kier alpha value is -1.75. The largest absolute Gasteiger partial charge is 0.449 e. The summed E-state index contributed by atoms with van der Waals surface area (Å²) in [6.45, 7) is 6.14. The summed E-state index contributed by atoms with van der Waals surface area (Å²) in [4.78, 5) is 24.6. The highest BCUT2D eigenvalue weighted by Gasteiger charge is 2.16. The van der Waals surface area contributed by atoms with Crippen molar-refractivity contribution in [3.05, 3.63) is 35.9 Å². The fourth-order valence-corrected chi connectivity index (χ4v) is 2.00. The van der Waals surface area contributed by atoms with Gasteiger partial charge in [-0.1, -0.05) is 26.0 Å². The van der Waals surface area contributed by atoms with Crippen molar-refractivity contribution in [3.63, 3.8) is 0 Å². The molecule has 5 heteroatoms. The van der Waals surface area contributed by atoms with Crippen LogP contribution in [0.3, 0.4) is 0 Å². The summed E-state index contributed by atoms with van der Waals surface area (Å²) in [7, 11) is 0. The van der Waals surface area contributed by atoms with Crippen molar-refractivity contribution in [2.75, 3.05) is 12.8 Å². The Labute approximate surface area is 136 Å². The number of ether oxygens (including phenoxy) is 1. The van der Waals surface area contributed by atoms with Crippen LogP contribution in [-0.2, 0) is 14.3 Å². The third kappa shape index (κ3) is 6.80. The molecule has 0 unspecified atom stereocenters. The molecule has 0 heterocycles. The molecular weight excluding hydrogens is 298 g/mol. The average Bonchev–Trinajstić information content (AvgIpc) is 2.50. The molecule has 0 saturated carbocycles. The van der Waals surface area contributed by atoms with Crippen molar-refractivity contribution in [1.82, 2.24) is 5.32 Å². The molecule has 1 aromatic carbocycles. The molecule has 0 saturated heterocycles. The van der Waals surface area contributed by atoms with Gasteiger partial charge in [0.05, 0.1) is 0 Å². The molecule has 1 N–H and O–H groups in total. The molecule has 1 amide bonds. The minimum Gasteiger partial charge on any atom is -0.449 e. The van der Waals surface area contributed by atoms with Crippen LogP contribution in [0.15, 0.2) is 35.2 Å². The summed E-state index contributed by atoms with van der Waals surface area (Å²) in [5, 5.41) is 2.73. The molecule has 0 aliphatic heterocycles. The number of carbonyl (C=O) groups excluding carboxylic acids is 2. The molecule has 0 spiro atoms. The third-order valence-corrected chi connectivity index (χ3v) is 3.62. The first kappa shape index (κ1) is 18.3. The summed E-state index contributed by atoms with van der Waals surface area (Å²) in [6.07, 6.45) is 4.22. The van der Waals surface area contributed by atoms with Crippen molar-refractivity contribution in [1.29, 1.82) is 0 Å². The van der Waals surface area contributed by atoms with Crippen molar-refractivity contribution in [2.45, 2.75) is 31.8 Å². The van der Waals surface area contributed by atoms with Gasteiger partial charge in [-0.3, -0.25) is 4.79 Å². The number of esters is 1. The van der Waals surface area contributed by atoms with Crippen LogP contribution in [0.5, 0.6) is 0 Å². The van der Waals surface area contributed by atoms with E-state index in [9.17, 15) is 9.59 Å². The summed E-state index contributed by atoms with van der Waals surface area (Å²) in [6, 6.07) is 7.82. The van der Waals surface area contributed by atoms with E-state index in [1.54, 1.807) is 24.8 Å². The van der Waals surface area contributed by atoms with Gasteiger partial charge in [-0.2, -0.15) is 0 Å². The highest BCUT2D eigenvalue weighted by atomic mass is 32.2. The van der Waals surface area contributed by atoms with Crippen LogP contribution in [0.1, 0.15) is 26.3 Å². The first-order chi connectivity index (χ1) is 10.4. The first-order valence-electron chi connectivity index (χ1n) is 7.23. The zero-order valence-electron chi connectivity index (χ0n) is 13.5. The van der Waals surface area contributed by atoms with E-state index >= 15 is 0 Å². The van der Waals surface area contributed by atoms with E-state index in [0.29, 0.717) is 12.5 Å². The molecule has 1 aromatic rings. The highest BCUT2D eigenvalue weighted by Crippen LogP contribution is 2.15. The van der Waals surface area contributed by atoms with E-state index in [4.69, 9.17) is 4.74 Å². The van der Waals surface area contributed by atoms with E-state index in [0.717, 1.165) is 10.5 Å². The predicted octanol–water partition coefficient (Wildman–Crippen LogP) is 3.13. The second kappa shape index (κ2) is 9.30. The number of thioether (sulfide) groups is 1. The summed E-state index contributed by atoms with van der Waals surface area (Å²) in [5.74, 6) is -0.447. The number of amides is 1. The Morgan fingerprint density at radius 1 is 1.23 bits per heavy atom. The van der Waals surface area contributed by atoms with E-state index in [1.807, 2.05) is 44.4 Å². The van der Waals surface area contributed by atoms with E-state index in [-0.39, 0.29) is 5.91 Å². The number of benzene rings is 1. The topological polar surface area (TPSA) is 55.4 Å². The maximum Gasteiger partial charge on any atom is 0.331 e. The van der Waals surface area contributed by atoms with E-state index < -0.39 is 12.1 Å². The molecule has 22 heavy (non-hydrogen) atoms. The second-order valence-corrected chi connectivity index (χ2v) is 6.20. The lowest BCUT2D eigenvalue weighted by Crippen LogP contribution is -2.37. The number of nitrogens with one attached hydrogen (secondary N) is 1. The van der Waals surface area contributed by atoms with Gasteiger partial charge in [0.15, 0.2) is 6.10 Å². The zero-order valence-corrected chi connectivity index (χ0v) is 14.3. The van der Waals surface area contributed by atoms with Crippen LogP contribution in [0.25, 0.3) is 6.08 Å². The smallest absolute Gasteiger partial charge is 0.331 e. The molecular formula is C17H23NO3S. The molecule has 0 fully saturated rings. The number of hydrogen-bond acceptors (Lipinski definition) is 4. The molecule has 0 bridgehead atoms. The lowest BCUT2D eigenvalue weighted by atomic mass is 10.2. The minimum absolute atomic E-state index is 0.278. The van der Waals surface area contributed by atoms with Gasteiger partial charge in [0.25, 0.3) is 5.91 Å². The van der Waals surface area contributed by atoms with Gasteiger partial charge in [0, 0.05) is 17.5 Å². The summed E-state index contributed by atoms with van der Waals surface area (Å²) < 4.78 is 5.07. The van der Waals surface area contributed by atoms with Gasteiger partial charge >= 0.3 is 5.97 Å². The maximum atomic E-state index is 11.7. The average molecular weight is 321 g/mol. The van der Waals surface area contributed by atoms with Crippen molar-refractivity contribution in [2.24, 2.45) is 5.92 Å². The fourth-order valence-electron chi connectivity index (χ4n) is 1.59. The molecule has 1 rings (SSSR count). The van der Waals surface area contributed by atoms with Crippen molar-refractivity contribution < 1.29 is 14.3 Å². The SMILES string of the molecule is CSc1ccc(/C=C/C(=O)O[C@H](C)C(=O)NCC(C)C)cc1. The van der Waals surface area contributed by atoms with Crippen LogP contribution < -0.4 is 5.32 Å². The van der Waals surface area contributed by atoms with Gasteiger partial charge in [0.2, 0.25) is 0 Å². The van der Waals surface area contributed by atoms with Crippen LogP contribution in [0.4, 0.5) is 0 Å². The Balaban J connectivity index is 2.47. The highest BCUT2D eigenvalue weighted by molar-refractivity contribution is 7.98. The Morgan fingerprint density at radius 3 is 2.41 bits per heavy atom. The molecule has 0 radical (unpaired) electrons. The van der Waals surface area contributed by atoms with Crippen LogP contribution in [-0.4, -0.2) is 30.8 Å². The fraction of sp³-hybridized carbons (Fsp3) is 0.412. The summed E-state index contributed by atoms with van der Waals surface area (Å²) >= 11 is 1.66. The van der Waals surface area contributed by atoms with Gasteiger partial charge < -0.3 is 10.1 Å². The van der Waals surface area contributed by atoms with Gasteiger partial charge in [-0.25, -0.2) is 4.79 Å². The number of hydrogen-bond donors (Lipinski definition) is 1. The Morgan fingerprint density at radius 2 is 1.86 bits per heavy atom. The standard InChI is InChI=1S/C17H23NO3S/c1-12(2)11-18-17(20)13(3)21-16(19)10-7-14-5-8-15(22-4)9-6-14/h5-10,12-13H,11H2,1-4H3,(H,18,20)/b10-7+/t13-/m1/s1. The number of rotatable bonds is 7. The quantitative estimate of drug-likeness (QED) is 0.476. The van der Waals surface area contributed by atoms with Crippen molar-refractivity contribution >= 4 is 29.7 Å². The van der Waals surface area contributed by atoms with Gasteiger partial charge in [0.1, 0.15) is 0 Å². The van der Waals surface area contributed by atoms with Crippen LogP contribution >= 0.6 is 11.8 Å². The molecule has 0 aromatic heterocycles. The van der Waals surface area contributed by atoms with Crippen LogP contribution in [0.2, 0.25) is 0 Å². The van der Waals surface area contributed by atoms with Gasteiger partial charge in [-0.05, 0) is 42.9 Å². The molecule has 1 atom stereocenters. The normalized spacial score (nSPS) is 12.4. The lowest BCUT2D eigenvalue weighted by molar-refractivity contribution is -0.150. The van der Waals surface area contributed by atoms with Crippen molar-refractivity contribution in [3.8, 4) is 0 Å². The summed E-state index contributed by atoms with van der Waals surface area (Å²) in [5.41, 5.74) is 0.909. The lowest BCUT2D eigenvalue weighted by Gasteiger charge is -2.13. The molecule has 4 nitrogen and oxygen atoms in total. The molecule has 0 aliphatic carbocycles. The Bertz CT molecular complexity index is 523. The third-order valence-electron chi connectivity index (χ3n) is 2.87. The van der Waals surface area contributed by atoms with E-state index in [2.05, 4.69) is 5.32 Å². The predicted molar refractivity (Wildman–Crippen MR) is 90.7 cm³/mol. The zero-order chi connectivity index (χ0) is 16.5. The molecule has 0 aliphatic rings. The van der Waals surface area contributed by atoms with Gasteiger partial charge in [-0.15, -0.1) is 11.8 Å². The van der Waals surface area contributed by atoms with E-state index in [1.165, 1.54) is 6.08 Å². The number of carbonyl (C=O) groups is 2. The maximum absolute atomic E-state index is 11.7. The first-order valence-corrected chi connectivity index (χ1v) is 8.45. The Kier molecular flexibility index (Phi) is 7.74.